The molecule has 1 unspecified atom stereocenters. The van der Waals surface area contributed by atoms with Crippen molar-refractivity contribution in [1.29, 1.82) is 0 Å². The summed E-state index contributed by atoms with van der Waals surface area (Å²) in [6.45, 7) is 5.13. The smallest absolute Gasteiger partial charge is 0.0808 e. The van der Waals surface area contributed by atoms with Crippen LogP contribution in [0.5, 0.6) is 0 Å². The molecule has 1 nitrogen and oxygen atoms in total. The number of quaternary nitrogens is 1. The molecule has 0 aromatic heterocycles. The van der Waals surface area contributed by atoms with Crippen molar-refractivity contribution >= 4 is 0 Å². The van der Waals surface area contributed by atoms with E-state index in [-0.39, 0.29) is 0 Å². The van der Waals surface area contributed by atoms with Crippen LogP contribution in [0.25, 0.3) is 0 Å². The highest BCUT2D eigenvalue weighted by Crippen LogP contribution is 2.18. The molecule has 1 saturated heterocycles. The quantitative estimate of drug-likeness (QED) is 0.453. The summed E-state index contributed by atoms with van der Waals surface area (Å²) in [6.07, 6.45) is 4.32. The topological polar surface area (TPSA) is 0 Å². The summed E-state index contributed by atoms with van der Waals surface area (Å²) in [5.74, 6) is 0.942. The first-order valence-electron chi connectivity index (χ1n) is 4.42. The largest absolute Gasteiger partial charge is 0.328 e. The number of hydrogen-bond donors (Lipinski definition) is 0. The second-order valence-corrected chi connectivity index (χ2v) is 4.44. The Kier molecular flexibility index (Phi) is 2.35. The summed E-state index contributed by atoms with van der Waals surface area (Å²) in [6, 6.07) is 0. The first-order chi connectivity index (χ1) is 4.60. The molecule has 0 radical (unpaired) electrons. The first-order valence-corrected chi connectivity index (χ1v) is 4.42. The van der Waals surface area contributed by atoms with Gasteiger partial charge in [0, 0.05) is 5.92 Å². The van der Waals surface area contributed by atoms with Gasteiger partial charge in [-0.25, -0.2) is 0 Å². The molecule has 10 heavy (non-hydrogen) atoms. The second-order valence-electron chi connectivity index (χ2n) is 4.44. The third-order valence-electron chi connectivity index (χ3n) is 2.52. The Labute approximate surface area is 64.6 Å². The van der Waals surface area contributed by atoms with Gasteiger partial charge < -0.3 is 4.48 Å². The van der Waals surface area contributed by atoms with Crippen LogP contribution in [0.15, 0.2) is 0 Å². The summed E-state index contributed by atoms with van der Waals surface area (Å²) < 4.78 is 1.24. The lowest BCUT2D eigenvalue weighted by atomic mass is 10.1. The van der Waals surface area contributed by atoms with Crippen LogP contribution >= 0.6 is 0 Å². The highest BCUT2D eigenvalue weighted by molar-refractivity contribution is 4.56. The van der Waals surface area contributed by atoms with Crippen molar-refractivity contribution in [1.82, 2.24) is 0 Å². The van der Waals surface area contributed by atoms with Gasteiger partial charge in [0.15, 0.2) is 0 Å². The number of rotatable bonds is 0. The van der Waals surface area contributed by atoms with Crippen LogP contribution in [0.2, 0.25) is 0 Å². The lowest BCUT2D eigenvalue weighted by molar-refractivity contribution is -0.892. The Hall–Kier alpha value is -0.0400. The van der Waals surface area contributed by atoms with Crippen LogP contribution in [0, 0.1) is 5.92 Å². The molecule has 0 aliphatic carbocycles. The lowest BCUT2D eigenvalue weighted by Gasteiger charge is -2.29. The minimum Gasteiger partial charge on any atom is -0.328 e. The fraction of sp³-hybridized carbons (Fsp3) is 1.00. The van der Waals surface area contributed by atoms with E-state index < -0.39 is 0 Å². The van der Waals surface area contributed by atoms with Crippen molar-refractivity contribution in [2.24, 2.45) is 5.92 Å². The Morgan fingerprint density at radius 2 is 1.90 bits per heavy atom. The van der Waals surface area contributed by atoms with Crippen LogP contribution in [0.3, 0.4) is 0 Å². The average Bonchev–Trinajstić information content (AvgIpc) is 1.90. The molecule has 1 rings (SSSR count). The minimum absolute atomic E-state index is 0.942. The van der Waals surface area contributed by atoms with Crippen molar-refractivity contribution < 1.29 is 4.48 Å². The van der Waals surface area contributed by atoms with Gasteiger partial charge in [0.25, 0.3) is 0 Å². The second kappa shape index (κ2) is 2.91. The van der Waals surface area contributed by atoms with Gasteiger partial charge in [-0.2, -0.15) is 0 Å². The SMILES string of the molecule is CC1CCCC[N+](C)(C)C1. The minimum atomic E-state index is 0.942. The molecule has 1 aliphatic heterocycles. The highest BCUT2D eigenvalue weighted by Gasteiger charge is 2.21. The summed E-state index contributed by atoms with van der Waals surface area (Å²) in [5, 5.41) is 0. The van der Waals surface area contributed by atoms with Crippen LogP contribution < -0.4 is 0 Å². The predicted molar refractivity (Wildman–Crippen MR) is 44.9 cm³/mol. The third-order valence-corrected chi connectivity index (χ3v) is 2.52. The Morgan fingerprint density at radius 3 is 2.60 bits per heavy atom. The lowest BCUT2D eigenvalue weighted by Crippen LogP contribution is -2.42. The molecule has 0 bridgehead atoms. The van der Waals surface area contributed by atoms with Crippen molar-refractivity contribution in [3.63, 3.8) is 0 Å². The van der Waals surface area contributed by atoms with Crippen LogP contribution in [0.4, 0.5) is 0 Å². The highest BCUT2D eigenvalue weighted by atomic mass is 15.3. The Balaban J connectivity index is 2.46. The maximum atomic E-state index is 2.38. The molecule has 0 saturated carbocycles. The first kappa shape index (κ1) is 8.06. The molecule has 1 atom stereocenters. The van der Waals surface area contributed by atoms with Gasteiger partial charge >= 0.3 is 0 Å². The zero-order chi connectivity index (χ0) is 7.61. The third kappa shape index (κ3) is 2.30. The van der Waals surface area contributed by atoms with Crippen LogP contribution in [-0.2, 0) is 0 Å². The van der Waals surface area contributed by atoms with E-state index in [1.54, 1.807) is 0 Å². The van der Waals surface area contributed by atoms with E-state index in [1.807, 2.05) is 0 Å². The summed E-state index contributed by atoms with van der Waals surface area (Å²) in [7, 11) is 4.70. The summed E-state index contributed by atoms with van der Waals surface area (Å²) in [5.41, 5.74) is 0. The van der Waals surface area contributed by atoms with Gasteiger partial charge in [-0.05, 0) is 19.3 Å². The van der Waals surface area contributed by atoms with E-state index >= 15 is 0 Å². The van der Waals surface area contributed by atoms with E-state index in [0.717, 1.165) is 5.92 Å². The van der Waals surface area contributed by atoms with Crippen molar-refractivity contribution in [2.45, 2.75) is 26.2 Å². The maximum Gasteiger partial charge on any atom is 0.0808 e. The van der Waals surface area contributed by atoms with E-state index in [9.17, 15) is 0 Å². The van der Waals surface area contributed by atoms with Gasteiger partial charge in [0.05, 0.1) is 27.2 Å². The van der Waals surface area contributed by atoms with E-state index in [1.165, 1.54) is 36.8 Å². The van der Waals surface area contributed by atoms with Crippen molar-refractivity contribution in [3.05, 3.63) is 0 Å². The number of hydrogen-bond acceptors (Lipinski definition) is 0. The van der Waals surface area contributed by atoms with Crippen LogP contribution in [-0.4, -0.2) is 31.7 Å². The molecule has 1 fully saturated rings. The standard InChI is InChI=1S/C9H20N/c1-9-6-4-5-7-10(2,3)8-9/h9H,4-8H2,1-3H3/q+1. The van der Waals surface area contributed by atoms with E-state index in [4.69, 9.17) is 0 Å². The van der Waals surface area contributed by atoms with Crippen LogP contribution in [0.1, 0.15) is 26.2 Å². The molecule has 0 amide bonds. The average molecular weight is 142 g/mol. The van der Waals surface area contributed by atoms with Gasteiger partial charge in [-0.3, -0.25) is 0 Å². The molecular formula is C9H20N+. The Bertz CT molecular complexity index is 107. The van der Waals surface area contributed by atoms with Gasteiger partial charge in [0.1, 0.15) is 0 Å². The number of likely N-dealkylation sites (tertiary alicyclic amines) is 1. The fourth-order valence-corrected chi connectivity index (χ4v) is 2.06. The summed E-state index contributed by atoms with van der Waals surface area (Å²) >= 11 is 0. The molecule has 0 spiro atoms. The molecular weight excluding hydrogens is 122 g/mol. The normalized spacial score (nSPS) is 33.3. The molecule has 0 aromatic rings. The van der Waals surface area contributed by atoms with Gasteiger partial charge in [-0.1, -0.05) is 6.92 Å². The number of nitrogens with zero attached hydrogens (tertiary/aromatic N) is 1. The molecule has 60 valence electrons. The zero-order valence-electron chi connectivity index (χ0n) is 7.56. The monoisotopic (exact) mass is 142 g/mol. The van der Waals surface area contributed by atoms with E-state index in [2.05, 4.69) is 21.0 Å². The fourth-order valence-electron chi connectivity index (χ4n) is 2.06. The maximum absolute atomic E-state index is 2.38. The zero-order valence-corrected chi connectivity index (χ0v) is 7.56. The van der Waals surface area contributed by atoms with Gasteiger partial charge in [0.2, 0.25) is 0 Å². The molecule has 1 aliphatic rings. The Morgan fingerprint density at radius 1 is 1.20 bits per heavy atom. The molecule has 0 N–H and O–H groups in total. The predicted octanol–water partition coefficient (Wildman–Crippen LogP) is 1.88. The van der Waals surface area contributed by atoms with Gasteiger partial charge in [-0.15, -0.1) is 0 Å². The molecule has 0 aromatic carbocycles. The van der Waals surface area contributed by atoms with Crippen molar-refractivity contribution in [3.8, 4) is 0 Å². The summed E-state index contributed by atoms with van der Waals surface area (Å²) in [4.78, 5) is 0. The molecule has 1 heterocycles. The van der Waals surface area contributed by atoms with E-state index in [0.29, 0.717) is 0 Å². The molecule has 1 heteroatoms. The van der Waals surface area contributed by atoms with Crippen molar-refractivity contribution in [2.75, 3.05) is 27.2 Å².